The van der Waals surface area contributed by atoms with E-state index in [-0.39, 0.29) is 5.41 Å². The van der Waals surface area contributed by atoms with Crippen molar-refractivity contribution in [2.24, 2.45) is 5.92 Å². The summed E-state index contributed by atoms with van der Waals surface area (Å²) in [7, 11) is 0. The van der Waals surface area contributed by atoms with Crippen molar-refractivity contribution >= 4 is 0 Å². The molecule has 1 aliphatic heterocycles. The van der Waals surface area contributed by atoms with Gasteiger partial charge < -0.3 is 5.32 Å². The van der Waals surface area contributed by atoms with E-state index in [4.69, 9.17) is 0 Å². The third-order valence-electron chi connectivity index (χ3n) is 4.48. The van der Waals surface area contributed by atoms with Crippen LogP contribution >= 0.6 is 0 Å². The molecule has 1 aromatic carbocycles. The van der Waals surface area contributed by atoms with Crippen molar-refractivity contribution in [3.8, 4) is 5.69 Å². The highest BCUT2D eigenvalue weighted by atomic mass is 15.3. The summed E-state index contributed by atoms with van der Waals surface area (Å²) in [5, 5.41) is 12.1. The van der Waals surface area contributed by atoms with Crippen LogP contribution < -0.4 is 5.32 Å². The molecule has 0 bridgehead atoms. The molecule has 1 aromatic heterocycles. The summed E-state index contributed by atoms with van der Waals surface area (Å²) in [5.74, 6) is 1.65. The lowest BCUT2D eigenvalue weighted by Crippen LogP contribution is -2.42. The zero-order valence-electron chi connectivity index (χ0n) is 12.2. The van der Waals surface area contributed by atoms with Crippen LogP contribution in [0.5, 0.6) is 0 Å². The Morgan fingerprint density at radius 2 is 2.05 bits per heavy atom. The Morgan fingerprint density at radius 3 is 2.75 bits per heavy atom. The fourth-order valence-electron chi connectivity index (χ4n) is 3.10. The fourth-order valence-corrected chi connectivity index (χ4v) is 3.10. The molecule has 106 valence electrons. The van der Waals surface area contributed by atoms with Crippen LogP contribution in [0.15, 0.2) is 36.7 Å². The highest BCUT2D eigenvalue weighted by Gasteiger charge is 2.36. The molecule has 0 amide bonds. The first-order chi connectivity index (χ1) is 9.69. The van der Waals surface area contributed by atoms with Crippen LogP contribution in [0.4, 0.5) is 0 Å². The second kappa shape index (κ2) is 5.37. The van der Waals surface area contributed by atoms with Crippen molar-refractivity contribution in [1.82, 2.24) is 20.1 Å². The SMILES string of the molecule is CC(C)(c1nncn1-c1ccccc1)C1CCCNC1. The van der Waals surface area contributed by atoms with Crippen molar-refractivity contribution in [2.45, 2.75) is 32.1 Å². The summed E-state index contributed by atoms with van der Waals surface area (Å²) in [6.45, 7) is 6.77. The number of rotatable bonds is 3. The summed E-state index contributed by atoms with van der Waals surface area (Å²) in [6.07, 6.45) is 4.32. The first-order valence-electron chi connectivity index (χ1n) is 7.36. The first kappa shape index (κ1) is 13.3. The molecule has 0 saturated carbocycles. The van der Waals surface area contributed by atoms with E-state index >= 15 is 0 Å². The molecule has 0 spiro atoms. The molecule has 4 heteroatoms. The van der Waals surface area contributed by atoms with E-state index in [1.807, 2.05) is 24.5 Å². The summed E-state index contributed by atoms with van der Waals surface area (Å²) >= 11 is 0. The molecule has 4 nitrogen and oxygen atoms in total. The van der Waals surface area contributed by atoms with E-state index in [9.17, 15) is 0 Å². The van der Waals surface area contributed by atoms with Crippen LogP contribution in [0, 0.1) is 5.92 Å². The number of nitrogens with one attached hydrogen (secondary N) is 1. The van der Waals surface area contributed by atoms with Gasteiger partial charge in [-0.15, -0.1) is 10.2 Å². The highest BCUT2D eigenvalue weighted by molar-refractivity contribution is 5.33. The van der Waals surface area contributed by atoms with Crippen LogP contribution in [-0.2, 0) is 5.41 Å². The van der Waals surface area contributed by atoms with Gasteiger partial charge in [-0.2, -0.15) is 0 Å². The van der Waals surface area contributed by atoms with Gasteiger partial charge in [-0.25, -0.2) is 0 Å². The van der Waals surface area contributed by atoms with Crippen molar-refractivity contribution in [2.75, 3.05) is 13.1 Å². The highest BCUT2D eigenvalue weighted by Crippen LogP contribution is 2.35. The molecule has 2 aromatic rings. The summed E-state index contributed by atoms with van der Waals surface area (Å²) in [4.78, 5) is 0. The Morgan fingerprint density at radius 1 is 1.25 bits per heavy atom. The lowest BCUT2D eigenvalue weighted by molar-refractivity contribution is 0.239. The van der Waals surface area contributed by atoms with E-state index in [1.165, 1.54) is 12.8 Å². The van der Waals surface area contributed by atoms with E-state index in [0.29, 0.717) is 5.92 Å². The number of nitrogens with zero attached hydrogens (tertiary/aromatic N) is 3. The second-order valence-electron chi connectivity index (χ2n) is 6.13. The molecule has 0 aliphatic carbocycles. The van der Waals surface area contributed by atoms with Crippen LogP contribution in [0.3, 0.4) is 0 Å². The third kappa shape index (κ3) is 2.36. The molecule has 1 unspecified atom stereocenters. The number of benzene rings is 1. The summed E-state index contributed by atoms with van der Waals surface area (Å²) < 4.78 is 2.12. The minimum absolute atomic E-state index is 0.0137. The van der Waals surface area contributed by atoms with Crippen LogP contribution in [-0.4, -0.2) is 27.9 Å². The number of para-hydroxylation sites is 1. The normalized spacial score (nSPS) is 20.0. The molecule has 1 aliphatic rings. The average molecular weight is 270 g/mol. The maximum Gasteiger partial charge on any atom is 0.143 e. The Hall–Kier alpha value is -1.68. The first-order valence-corrected chi connectivity index (χ1v) is 7.36. The van der Waals surface area contributed by atoms with Crippen LogP contribution in [0.1, 0.15) is 32.5 Å². The molecule has 3 rings (SSSR count). The zero-order valence-corrected chi connectivity index (χ0v) is 12.2. The van der Waals surface area contributed by atoms with E-state index in [2.05, 4.69) is 46.1 Å². The van der Waals surface area contributed by atoms with Crippen molar-refractivity contribution < 1.29 is 0 Å². The molecule has 1 saturated heterocycles. The topological polar surface area (TPSA) is 42.7 Å². The number of aromatic nitrogens is 3. The molecule has 1 atom stereocenters. The summed E-state index contributed by atoms with van der Waals surface area (Å²) in [5.41, 5.74) is 1.14. The molecule has 1 N–H and O–H groups in total. The van der Waals surface area contributed by atoms with Gasteiger partial charge in [0.05, 0.1) is 0 Å². The van der Waals surface area contributed by atoms with E-state index in [0.717, 1.165) is 24.6 Å². The van der Waals surface area contributed by atoms with Crippen LogP contribution in [0.2, 0.25) is 0 Å². The van der Waals surface area contributed by atoms with Gasteiger partial charge in [-0.05, 0) is 44.0 Å². The zero-order chi connectivity index (χ0) is 14.0. The number of hydrogen-bond donors (Lipinski definition) is 1. The van der Waals surface area contributed by atoms with Gasteiger partial charge in [0.25, 0.3) is 0 Å². The molecular formula is C16H22N4. The van der Waals surface area contributed by atoms with Gasteiger partial charge in [-0.1, -0.05) is 32.0 Å². The van der Waals surface area contributed by atoms with Crippen molar-refractivity contribution in [3.05, 3.63) is 42.5 Å². The standard InChI is InChI=1S/C16H22N4/c1-16(2,13-7-6-10-17-11-13)15-19-18-12-20(15)14-8-4-3-5-9-14/h3-5,8-9,12-13,17H,6-7,10-11H2,1-2H3. The van der Waals surface area contributed by atoms with Gasteiger partial charge in [0, 0.05) is 11.1 Å². The lowest BCUT2D eigenvalue weighted by Gasteiger charge is -2.36. The molecule has 1 fully saturated rings. The third-order valence-corrected chi connectivity index (χ3v) is 4.48. The largest absolute Gasteiger partial charge is 0.316 e. The molecule has 20 heavy (non-hydrogen) atoms. The van der Waals surface area contributed by atoms with Gasteiger partial charge in [-0.3, -0.25) is 4.57 Å². The van der Waals surface area contributed by atoms with Crippen LogP contribution in [0.25, 0.3) is 5.69 Å². The second-order valence-corrected chi connectivity index (χ2v) is 6.13. The van der Waals surface area contributed by atoms with Gasteiger partial charge in [0.15, 0.2) is 0 Å². The average Bonchev–Trinajstić information content (AvgIpc) is 2.99. The van der Waals surface area contributed by atoms with Crippen molar-refractivity contribution in [1.29, 1.82) is 0 Å². The number of hydrogen-bond acceptors (Lipinski definition) is 3. The fraction of sp³-hybridized carbons (Fsp3) is 0.500. The lowest BCUT2D eigenvalue weighted by atomic mass is 9.74. The molecule has 0 radical (unpaired) electrons. The Balaban J connectivity index is 1.96. The Kier molecular flexibility index (Phi) is 3.57. The van der Waals surface area contributed by atoms with E-state index < -0.39 is 0 Å². The minimum Gasteiger partial charge on any atom is -0.316 e. The van der Waals surface area contributed by atoms with Gasteiger partial charge in [0.2, 0.25) is 0 Å². The minimum atomic E-state index is 0.0137. The smallest absolute Gasteiger partial charge is 0.143 e. The molecule has 2 heterocycles. The quantitative estimate of drug-likeness (QED) is 0.932. The maximum atomic E-state index is 4.42. The monoisotopic (exact) mass is 270 g/mol. The predicted octanol–water partition coefficient (Wildman–Crippen LogP) is 2.54. The molecular weight excluding hydrogens is 248 g/mol. The van der Waals surface area contributed by atoms with Gasteiger partial charge >= 0.3 is 0 Å². The maximum absolute atomic E-state index is 4.42. The Labute approximate surface area is 120 Å². The van der Waals surface area contributed by atoms with Crippen molar-refractivity contribution in [3.63, 3.8) is 0 Å². The van der Waals surface area contributed by atoms with E-state index in [1.54, 1.807) is 0 Å². The van der Waals surface area contributed by atoms with Gasteiger partial charge in [0.1, 0.15) is 12.2 Å². The summed E-state index contributed by atoms with van der Waals surface area (Å²) in [6, 6.07) is 10.3. The number of piperidine rings is 1. The Bertz CT molecular complexity index is 553. The predicted molar refractivity (Wildman–Crippen MR) is 80.0 cm³/mol.